The Hall–Kier alpha value is -1.40. The minimum absolute atomic E-state index is 0.197. The average Bonchev–Trinajstić information content (AvgIpc) is 2.34. The molecule has 0 radical (unpaired) electrons. The van der Waals surface area contributed by atoms with Crippen molar-refractivity contribution >= 4 is 18.6 Å². The van der Waals surface area contributed by atoms with E-state index >= 15 is 0 Å². The van der Waals surface area contributed by atoms with Crippen molar-refractivity contribution in [2.45, 2.75) is 12.8 Å². The zero-order valence-electron chi connectivity index (χ0n) is 9.19. The van der Waals surface area contributed by atoms with Gasteiger partial charge in [0.1, 0.15) is 0 Å². The molecule has 0 aliphatic carbocycles. The van der Waals surface area contributed by atoms with Gasteiger partial charge >= 0.3 is 5.97 Å². The Morgan fingerprint density at radius 1 is 1.44 bits per heavy atom. The highest BCUT2D eigenvalue weighted by atomic mass is 32.1. The summed E-state index contributed by atoms with van der Waals surface area (Å²) in [4.78, 5) is 11.0. The summed E-state index contributed by atoms with van der Waals surface area (Å²) in [7, 11) is 1.40. The van der Waals surface area contributed by atoms with Gasteiger partial charge in [0.25, 0.3) is 0 Å². The number of rotatable bonds is 3. The fourth-order valence-electron chi connectivity index (χ4n) is 1.33. The third kappa shape index (κ3) is 4.00. The largest absolute Gasteiger partial charge is 0.469 e. The predicted octanol–water partition coefficient (Wildman–Crippen LogP) is 2.07. The monoisotopic (exact) mass is 234 g/mol. The second-order valence-electron chi connectivity index (χ2n) is 3.19. The molecule has 2 nitrogen and oxygen atoms in total. The van der Waals surface area contributed by atoms with Crippen LogP contribution in [0, 0.1) is 11.8 Å². The zero-order valence-corrected chi connectivity index (χ0v) is 10.1. The van der Waals surface area contributed by atoms with E-state index in [1.54, 1.807) is 0 Å². The average molecular weight is 234 g/mol. The Balaban J connectivity index is 2.75. The minimum Gasteiger partial charge on any atom is -0.469 e. The van der Waals surface area contributed by atoms with E-state index in [2.05, 4.69) is 29.2 Å². The topological polar surface area (TPSA) is 26.3 Å². The van der Waals surface area contributed by atoms with Crippen molar-refractivity contribution in [1.82, 2.24) is 0 Å². The first-order valence-corrected chi connectivity index (χ1v) is 5.65. The third-order valence-electron chi connectivity index (χ3n) is 2.15. The van der Waals surface area contributed by atoms with E-state index in [-0.39, 0.29) is 5.97 Å². The van der Waals surface area contributed by atoms with Crippen LogP contribution in [0.3, 0.4) is 0 Å². The maximum Gasteiger partial charge on any atom is 0.305 e. The molecule has 0 aromatic heterocycles. The van der Waals surface area contributed by atoms with Crippen LogP contribution in [0.4, 0.5) is 0 Å². The van der Waals surface area contributed by atoms with Gasteiger partial charge in [0, 0.05) is 12.0 Å². The summed E-state index contributed by atoms with van der Waals surface area (Å²) < 4.78 is 4.61. The summed E-state index contributed by atoms with van der Waals surface area (Å²) in [5, 5.41) is 0. The zero-order chi connectivity index (χ0) is 11.8. The van der Waals surface area contributed by atoms with Gasteiger partial charge in [0.15, 0.2) is 0 Å². The Labute approximate surface area is 101 Å². The van der Waals surface area contributed by atoms with Crippen LogP contribution in [0.5, 0.6) is 0 Å². The predicted molar refractivity (Wildman–Crippen MR) is 67.5 cm³/mol. The fourth-order valence-corrected chi connectivity index (χ4v) is 1.41. The molecule has 84 valence electrons. The number of aryl methyl sites for hydroxylation is 1. The van der Waals surface area contributed by atoms with Gasteiger partial charge in [-0.1, -0.05) is 30.0 Å². The van der Waals surface area contributed by atoms with Gasteiger partial charge in [-0.05, 0) is 18.1 Å². The summed E-state index contributed by atoms with van der Waals surface area (Å²) in [6.45, 7) is 0. The number of benzene rings is 1. The number of methoxy groups -OCH3 is 1. The van der Waals surface area contributed by atoms with Crippen molar-refractivity contribution in [3.05, 3.63) is 35.4 Å². The lowest BCUT2D eigenvalue weighted by molar-refractivity contribution is -0.140. The third-order valence-corrected chi connectivity index (χ3v) is 2.30. The summed E-state index contributed by atoms with van der Waals surface area (Å²) in [6, 6.07) is 7.80. The van der Waals surface area contributed by atoms with E-state index in [4.69, 9.17) is 0 Å². The number of hydrogen-bond acceptors (Lipinski definition) is 3. The van der Waals surface area contributed by atoms with Crippen LogP contribution in [-0.2, 0) is 16.0 Å². The van der Waals surface area contributed by atoms with E-state index in [0.717, 1.165) is 11.1 Å². The first-order valence-electron chi connectivity index (χ1n) is 5.02. The molecule has 1 aromatic rings. The molecule has 0 saturated heterocycles. The summed E-state index contributed by atoms with van der Waals surface area (Å²) >= 11 is 4.04. The molecule has 1 aromatic carbocycles. The van der Waals surface area contributed by atoms with Gasteiger partial charge in [-0.15, -0.1) is 0 Å². The second kappa shape index (κ2) is 6.97. The lowest BCUT2D eigenvalue weighted by Gasteiger charge is -2.03. The summed E-state index contributed by atoms with van der Waals surface area (Å²) in [5.74, 6) is 6.27. The molecule has 0 N–H and O–H groups in total. The van der Waals surface area contributed by atoms with Crippen molar-refractivity contribution in [2.24, 2.45) is 0 Å². The van der Waals surface area contributed by atoms with Gasteiger partial charge in [-0.2, -0.15) is 12.6 Å². The second-order valence-corrected chi connectivity index (χ2v) is 3.51. The smallest absolute Gasteiger partial charge is 0.305 e. The molecule has 3 heteroatoms. The van der Waals surface area contributed by atoms with Crippen molar-refractivity contribution < 1.29 is 9.53 Å². The van der Waals surface area contributed by atoms with E-state index < -0.39 is 0 Å². The molecule has 0 aliphatic rings. The molecule has 0 spiro atoms. The van der Waals surface area contributed by atoms with E-state index in [9.17, 15) is 4.79 Å². The number of hydrogen-bond donors (Lipinski definition) is 1. The van der Waals surface area contributed by atoms with Crippen molar-refractivity contribution in [1.29, 1.82) is 0 Å². The molecule has 0 unspecified atom stereocenters. The van der Waals surface area contributed by atoms with Crippen LogP contribution in [0.2, 0.25) is 0 Å². The lowest BCUT2D eigenvalue weighted by Crippen LogP contribution is -2.02. The maximum absolute atomic E-state index is 11.0. The first-order chi connectivity index (χ1) is 7.77. The van der Waals surface area contributed by atoms with Crippen LogP contribution in [0.1, 0.15) is 17.5 Å². The molecule has 16 heavy (non-hydrogen) atoms. The van der Waals surface area contributed by atoms with Crippen LogP contribution in [0.15, 0.2) is 24.3 Å². The highest BCUT2D eigenvalue weighted by molar-refractivity contribution is 7.80. The van der Waals surface area contributed by atoms with E-state index in [1.165, 1.54) is 7.11 Å². The van der Waals surface area contributed by atoms with Gasteiger partial charge < -0.3 is 4.74 Å². The Kier molecular flexibility index (Phi) is 5.52. The number of esters is 1. The molecule has 0 amide bonds. The molecule has 1 rings (SSSR count). The van der Waals surface area contributed by atoms with E-state index in [1.807, 2.05) is 24.3 Å². The molecular formula is C13H14O2S. The minimum atomic E-state index is -0.197. The number of thiol groups is 1. The first kappa shape index (κ1) is 12.7. The van der Waals surface area contributed by atoms with Crippen LogP contribution in [0.25, 0.3) is 0 Å². The SMILES string of the molecule is COC(=O)CCc1ccccc1C#CCS. The number of ether oxygens (including phenoxy) is 1. The van der Waals surface area contributed by atoms with Gasteiger partial charge in [0.05, 0.1) is 12.9 Å². The fraction of sp³-hybridized carbons (Fsp3) is 0.308. The molecule has 0 saturated carbocycles. The number of carbonyl (C=O) groups is 1. The highest BCUT2D eigenvalue weighted by Gasteiger charge is 2.03. The summed E-state index contributed by atoms with van der Waals surface area (Å²) in [6.07, 6.45) is 1.04. The molecule has 0 aliphatic heterocycles. The number of carbonyl (C=O) groups excluding carboxylic acids is 1. The van der Waals surface area contributed by atoms with Crippen LogP contribution in [-0.4, -0.2) is 18.8 Å². The Morgan fingerprint density at radius 3 is 2.88 bits per heavy atom. The maximum atomic E-state index is 11.0. The van der Waals surface area contributed by atoms with Crippen LogP contribution < -0.4 is 0 Å². The normalized spacial score (nSPS) is 9.12. The van der Waals surface area contributed by atoms with E-state index in [0.29, 0.717) is 18.6 Å². The van der Waals surface area contributed by atoms with Crippen molar-refractivity contribution in [2.75, 3.05) is 12.9 Å². The molecule has 0 atom stereocenters. The quantitative estimate of drug-likeness (QED) is 0.492. The van der Waals surface area contributed by atoms with Gasteiger partial charge in [0.2, 0.25) is 0 Å². The van der Waals surface area contributed by atoms with Gasteiger partial charge in [-0.25, -0.2) is 0 Å². The highest BCUT2D eigenvalue weighted by Crippen LogP contribution is 2.10. The molecule has 0 bridgehead atoms. The Morgan fingerprint density at radius 2 is 2.19 bits per heavy atom. The molecule has 0 fully saturated rings. The molecular weight excluding hydrogens is 220 g/mol. The van der Waals surface area contributed by atoms with Crippen molar-refractivity contribution in [3.8, 4) is 11.8 Å². The van der Waals surface area contributed by atoms with Crippen molar-refractivity contribution in [3.63, 3.8) is 0 Å². The standard InChI is InChI=1S/C13H14O2S/c1-15-13(14)9-8-12-6-3-2-5-11(12)7-4-10-16/h2-3,5-6,16H,8-10H2,1H3. The Bertz CT molecular complexity index is 415. The summed E-state index contributed by atoms with van der Waals surface area (Å²) in [5.41, 5.74) is 2.03. The van der Waals surface area contributed by atoms with Crippen LogP contribution >= 0.6 is 12.6 Å². The molecule has 0 heterocycles. The lowest BCUT2D eigenvalue weighted by atomic mass is 10.0. The van der Waals surface area contributed by atoms with Gasteiger partial charge in [-0.3, -0.25) is 4.79 Å².